The number of nitrogens with zero attached hydrogens (tertiary/aromatic N) is 3. The number of hydrogen-bond donors (Lipinski definition) is 1. The highest BCUT2D eigenvalue weighted by Gasteiger charge is 2.31. The molecule has 1 saturated heterocycles. The molecule has 0 aliphatic carbocycles. The highest BCUT2D eigenvalue weighted by atomic mass is 16.5. The van der Waals surface area contributed by atoms with Gasteiger partial charge >= 0.3 is 0 Å². The van der Waals surface area contributed by atoms with Gasteiger partial charge in [-0.2, -0.15) is 0 Å². The second-order valence-electron chi connectivity index (χ2n) is 7.61. The first kappa shape index (κ1) is 19.5. The van der Waals surface area contributed by atoms with Crippen molar-refractivity contribution in [1.29, 1.82) is 0 Å². The number of para-hydroxylation sites is 2. The summed E-state index contributed by atoms with van der Waals surface area (Å²) in [6.07, 6.45) is 2.49. The maximum Gasteiger partial charge on any atom is 0.223 e. The molecule has 1 fully saturated rings. The molecule has 1 N–H and O–H groups in total. The predicted octanol–water partition coefficient (Wildman–Crippen LogP) is 3.25. The van der Waals surface area contributed by atoms with Gasteiger partial charge in [-0.25, -0.2) is 4.98 Å². The average molecular weight is 393 g/mol. The molecule has 0 radical (unpaired) electrons. The summed E-state index contributed by atoms with van der Waals surface area (Å²) in [6, 6.07) is 16.5. The number of imidazole rings is 1. The van der Waals surface area contributed by atoms with Crippen LogP contribution in [0.25, 0.3) is 11.0 Å². The smallest absolute Gasteiger partial charge is 0.223 e. The van der Waals surface area contributed by atoms with E-state index in [4.69, 9.17) is 9.72 Å². The molecule has 4 rings (SSSR count). The third-order valence-electron chi connectivity index (χ3n) is 5.76. The lowest BCUT2D eigenvalue weighted by Gasteiger charge is -2.24. The van der Waals surface area contributed by atoms with E-state index in [1.54, 1.807) is 7.11 Å². The van der Waals surface area contributed by atoms with Crippen LogP contribution in [-0.4, -0.2) is 40.1 Å². The lowest BCUT2D eigenvalue weighted by atomic mass is 10.1. The maximum absolute atomic E-state index is 12.5. The molecule has 29 heavy (non-hydrogen) atoms. The number of carbonyl (C=O) groups excluding carboxylic acids is 1. The molecule has 2 heterocycles. The number of aromatic nitrogens is 2. The van der Waals surface area contributed by atoms with Crippen molar-refractivity contribution in [3.05, 3.63) is 59.9 Å². The minimum atomic E-state index is 0.231. The van der Waals surface area contributed by atoms with E-state index in [0.29, 0.717) is 13.0 Å². The highest BCUT2D eigenvalue weighted by Crippen LogP contribution is 2.25. The molecule has 0 bridgehead atoms. The molecular formula is C23H28N4O2. The van der Waals surface area contributed by atoms with Gasteiger partial charge in [0.1, 0.15) is 11.6 Å². The first-order valence-corrected chi connectivity index (χ1v) is 10.2. The Labute approximate surface area is 171 Å². The molecule has 0 saturated carbocycles. The molecular weight excluding hydrogens is 364 g/mol. The Morgan fingerprint density at radius 2 is 2.07 bits per heavy atom. The molecule has 3 aromatic rings. The van der Waals surface area contributed by atoms with Crippen LogP contribution in [0.4, 0.5) is 0 Å². The van der Waals surface area contributed by atoms with E-state index in [2.05, 4.69) is 22.0 Å². The van der Waals surface area contributed by atoms with Crippen LogP contribution >= 0.6 is 0 Å². The van der Waals surface area contributed by atoms with Crippen molar-refractivity contribution in [3.63, 3.8) is 0 Å². The van der Waals surface area contributed by atoms with Gasteiger partial charge in [0.15, 0.2) is 0 Å². The Balaban J connectivity index is 1.34. The summed E-state index contributed by atoms with van der Waals surface area (Å²) in [5, 5.41) is 3.50. The minimum absolute atomic E-state index is 0.231. The van der Waals surface area contributed by atoms with Crippen LogP contribution in [0.5, 0.6) is 5.75 Å². The van der Waals surface area contributed by atoms with Gasteiger partial charge < -0.3 is 19.5 Å². The van der Waals surface area contributed by atoms with E-state index < -0.39 is 0 Å². The van der Waals surface area contributed by atoms with Gasteiger partial charge in [0.05, 0.1) is 24.7 Å². The molecule has 6 heteroatoms. The number of fused-ring (bicyclic) bond motifs is 1. The number of likely N-dealkylation sites (tertiary alicyclic amines) is 1. The molecule has 1 aliphatic heterocycles. The number of hydrogen-bond acceptors (Lipinski definition) is 4. The lowest BCUT2D eigenvalue weighted by molar-refractivity contribution is -0.129. The summed E-state index contributed by atoms with van der Waals surface area (Å²) < 4.78 is 7.37. The number of carbonyl (C=O) groups is 1. The molecule has 1 aromatic heterocycles. The summed E-state index contributed by atoms with van der Waals surface area (Å²) in [5.74, 6) is 2.05. The van der Waals surface area contributed by atoms with E-state index in [-0.39, 0.29) is 11.9 Å². The van der Waals surface area contributed by atoms with Crippen LogP contribution in [-0.2, 0) is 24.9 Å². The Hall–Kier alpha value is -2.86. The Bertz CT molecular complexity index is 997. The molecule has 0 spiro atoms. The summed E-state index contributed by atoms with van der Waals surface area (Å²) in [6.45, 7) is 2.24. The van der Waals surface area contributed by atoms with Crippen LogP contribution in [0.3, 0.4) is 0 Å². The van der Waals surface area contributed by atoms with Crippen molar-refractivity contribution >= 4 is 16.9 Å². The fourth-order valence-corrected chi connectivity index (χ4v) is 4.08. The third kappa shape index (κ3) is 4.27. The molecule has 2 aromatic carbocycles. The van der Waals surface area contributed by atoms with E-state index in [9.17, 15) is 4.79 Å². The monoisotopic (exact) mass is 392 g/mol. The largest absolute Gasteiger partial charge is 0.497 e. The van der Waals surface area contributed by atoms with Gasteiger partial charge in [-0.05, 0) is 49.2 Å². The molecule has 1 aliphatic rings. The number of ether oxygens (including phenoxy) is 1. The summed E-state index contributed by atoms with van der Waals surface area (Å²) in [5.41, 5.74) is 3.28. The first-order chi connectivity index (χ1) is 14.2. The van der Waals surface area contributed by atoms with Crippen molar-refractivity contribution in [3.8, 4) is 5.75 Å². The van der Waals surface area contributed by atoms with Crippen LogP contribution in [0.2, 0.25) is 0 Å². The van der Waals surface area contributed by atoms with Gasteiger partial charge in [-0.15, -0.1) is 0 Å². The van der Waals surface area contributed by atoms with Crippen LogP contribution in [0.15, 0.2) is 48.5 Å². The lowest BCUT2D eigenvalue weighted by Crippen LogP contribution is -2.35. The van der Waals surface area contributed by atoms with Crippen LogP contribution in [0.1, 0.15) is 30.7 Å². The quantitative estimate of drug-likeness (QED) is 0.598. The Morgan fingerprint density at radius 3 is 2.90 bits per heavy atom. The zero-order chi connectivity index (χ0) is 20.2. The first-order valence-electron chi connectivity index (χ1n) is 10.2. The molecule has 6 nitrogen and oxygen atoms in total. The fourth-order valence-electron chi connectivity index (χ4n) is 4.08. The van der Waals surface area contributed by atoms with Crippen molar-refractivity contribution in [2.75, 3.05) is 13.7 Å². The highest BCUT2D eigenvalue weighted by molar-refractivity contribution is 5.79. The number of nitrogens with one attached hydrogen (secondary N) is 1. The zero-order valence-corrected chi connectivity index (χ0v) is 17.1. The van der Waals surface area contributed by atoms with E-state index in [1.165, 1.54) is 5.56 Å². The normalized spacial score (nSPS) is 16.7. The molecule has 1 amide bonds. The van der Waals surface area contributed by atoms with Gasteiger partial charge in [0.2, 0.25) is 5.91 Å². The number of amides is 1. The fraction of sp³-hybridized carbons (Fsp3) is 0.391. The van der Waals surface area contributed by atoms with E-state index in [0.717, 1.165) is 48.5 Å². The van der Waals surface area contributed by atoms with Crippen molar-refractivity contribution < 1.29 is 9.53 Å². The number of aryl methyl sites for hydroxylation is 1. The van der Waals surface area contributed by atoms with E-state index in [1.807, 2.05) is 48.3 Å². The molecule has 0 unspecified atom stereocenters. The third-order valence-corrected chi connectivity index (χ3v) is 5.76. The summed E-state index contributed by atoms with van der Waals surface area (Å²) >= 11 is 0. The van der Waals surface area contributed by atoms with Crippen molar-refractivity contribution in [1.82, 2.24) is 19.8 Å². The zero-order valence-electron chi connectivity index (χ0n) is 17.1. The molecule has 1 atom stereocenters. The Kier molecular flexibility index (Phi) is 5.81. The number of benzene rings is 2. The van der Waals surface area contributed by atoms with Crippen LogP contribution < -0.4 is 10.1 Å². The van der Waals surface area contributed by atoms with E-state index >= 15 is 0 Å². The minimum Gasteiger partial charge on any atom is -0.497 e. The standard InChI is InChI=1S/C23H28N4O2/c1-26-21-9-4-3-8-20(21)25-22(26)16-27-18(10-11-23(27)28)12-13-24-15-17-6-5-7-19(14-17)29-2/h3-9,14,18,24H,10-13,15-16H2,1-2H3/t18-/m1/s1. The SMILES string of the molecule is COc1cccc(CNCC[C@H]2CCC(=O)N2Cc2nc3ccccc3n2C)c1. The van der Waals surface area contributed by atoms with Gasteiger partial charge in [-0.1, -0.05) is 24.3 Å². The van der Waals surface area contributed by atoms with Gasteiger partial charge in [-0.3, -0.25) is 4.79 Å². The van der Waals surface area contributed by atoms with Gasteiger partial charge in [0, 0.05) is 26.1 Å². The van der Waals surface area contributed by atoms with Gasteiger partial charge in [0.25, 0.3) is 0 Å². The summed E-state index contributed by atoms with van der Waals surface area (Å²) in [4.78, 5) is 19.2. The topological polar surface area (TPSA) is 59.4 Å². The summed E-state index contributed by atoms with van der Waals surface area (Å²) in [7, 11) is 3.71. The second kappa shape index (κ2) is 8.66. The van der Waals surface area contributed by atoms with Crippen molar-refractivity contribution in [2.45, 2.75) is 38.4 Å². The maximum atomic E-state index is 12.5. The van der Waals surface area contributed by atoms with Crippen molar-refractivity contribution in [2.24, 2.45) is 7.05 Å². The second-order valence-corrected chi connectivity index (χ2v) is 7.61. The Morgan fingerprint density at radius 1 is 1.21 bits per heavy atom. The molecule has 152 valence electrons. The number of methoxy groups -OCH3 is 1. The van der Waals surface area contributed by atoms with Crippen LogP contribution in [0, 0.1) is 0 Å². The predicted molar refractivity (Wildman–Crippen MR) is 114 cm³/mol. The number of rotatable bonds is 8. The average Bonchev–Trinajstić information content (AvgIpc) is 3.26.